The standard InChI is InChI=1S/C27H20N4O3S/c32-25-24(16-23-12-6-14-30(23)22-11-4-8-20(15-22)26(33)34)35-27(29-21-9-2-1-3-10-21)31(25)18-19-7-5-13-28-17-19/h1-17H,18H2,(H,33,34)/b24-16-,29-27?. The number of para-hydroxylation sites is 1. The van der Waals surface area contributed by atoms with E-state index in [2.05, 4.69) is 4.98 Å². The predicted molar refractivity (Wildman–Crippen MR) is 137 cm³/mol. The summed E-state index contributed by atoms with van der Waals surface area (Å²) in [6, 6.07) is 23.7. The van der Waals surface area contributed by atoms with Gasteiger partial charge in [0.2, 0.25) is 0 Å². The molecule has 3 heterocycles. The van der Waals surface area contributed by atoms with Gasteiger partial charge in [-0.1, -0.05) is 30.3 Å². The van der Waals surface area contributed by atoms with E-state index in [0.29, 0.717) is 22.3 Å². The van der Waals surface area contributed by atoms with E-state index in [4.69, 9.17) is 4.99 Å². The maximum Gasteiger partial charge on any atom is 0.335 e. The van der Waals surface area contributed by atoms with Gasteiger partial charge >= 0.3 is 5.97 Å². The van der Waals surface area contributed by atoms with Crippen LogP contribution in [0.4, 0.5) is 5.69 Å². The van der Waals surface area contributed by atoms with Crippen LogP contribution in [0.2, 0.25) is 0 Å². The van der Waals surface area contributed by atoms with Crippen molar-refractivity contribution in [2.24, 2.45) is 4.99 Å². The number of aromatic carboxylic acids is 1. The van der Waals surface area contributed by atoms with Gasteiger partial charge in [0.1, 0.15) is 0 Å². The van der Waals surface area contributed by atoms with Crippen LogP contribution < -0.4 is 0 Å². The summed E-state index contributed by atoms with van der Waals surface area (Å²) >= 11 is 1.31. The maximum absolute atomic E-state index is 13.5. The minimum Gasteiger partial charge on any atom is -0.478 e. The molecule has 0 radical (unpaired) electrons. The number of nitrogens with zero attached hydrogens (tertiary/aromatic N) is 4. The molecule has 172 valence electrons. The number of thioether (sulfide) groups is 1. The maximum atomic E-state index is 13.5. The van der Waals surface area contributed by atoms with Gasteiger partial charge < -0.3 is 9.67 Å². The molecule has 7 nitrogen and oxygen atoms in total. The molecule has 8 heteroatoms. The molecule has 2 aromatic heterocycles. The zero-order valence-corrected chi connectivity index (χ0v) is 19.3. The van der Waals surface area contributed by atoms with Crippen molar-refractivity contribution in [3.8, 4) is 5.69 Å². The van der Waals surface area contributed by atoms with Crippen molar-refractivity contribution in [1.82, 2.24) is 14.5 Å². The monoisotopic (exact) mass is 480 g/mol. The number of benzene rings is 2. The van der Waals surface area contributed by atoms with E-state index in [0.717, 1.165) is 16.9 Å². The molecule has 4 aromatic rings. The molecule has 1 aliphatic heterocycles. The molecule has 1 saturated heterocycles. The SMILES string of the molecule is O=C(O)c1cccc(-n2cccc2/C=C2\SC(=Nc3ccccc3)N(Cc3cccnc3)C2=O)c1. The summed E-state index contributed by atoms with van der Waals surface area (Å²) in [6.45, 7) is 0.352. The van der Waals surface area contributed by atoms with Gasteiger partial charge in [0.15, 0.2) is 5.17 Å². The molecule has 0 atom stereocenters. The summed E-state index contributed by atoms with van der Waals surface area (Å²) < 4.78 is 1.85. The average molecular weight is 481 g/mol. The van der Waals surface area contributed by atoms with Crippen LogP contribution in [0.1, 0.15) is 21.6 Å². The molecular weight excluding hydrogens is 460 g/mol. The molecule has 1 aliphatic rings. The Hall–Kier alpha value is -4.43. The first-order valence-corrected chi connectivity index (χ1v) is 11.7. The fraction of sp³-hybridized carbons (Fsp3) is 0.0370. The summed E-state index contributed by atoms with van der Waals surface area (Å²) in [4.78, 5) is 36.0. The number of carboxylic acids is 1. The second kappa shape index (κ2) is 9.82. The van der Waals surface area contributed by atoms with Gasteiger partial charge in [-0.25, -0.2) is 9.79 Å². The molecule has 0 unspecified atom stereocenters. The highest BCUT2D eigenvalue weighted by atomic mass is 32.2. The number of aromatic nitrogens is 2. The van der Waals surface area contributed by atoms with E-state index in [9.17, 15) is 14.7 Å². The van der Waals surface area contributed by atoms with E-state index >= 15 is 0 Å². The highest BCUT2D eigenvalue weighted by Crippen LogP contribution is 2.35. The number of rotatable bonds is 6. The van der Waals surface area contributed by atoms with Crippen molar-refractivity contribution in [3.05, 3.63) is 119 Å². The van der Waals surface area contributed by atoms with Crippen LogP contribution >= 0.6 is 11.8 Å². The van der Waals surface area contributed by atoms with Crippen LogP contribution in [0.25, 0.3) is 11.8 Å². The fourth-order valence-corrected chi connectivity index (χ4v) is 4.67. The summed E-state index contributed by atoms with van der Waals surface area (Å²) in [6.07, 6.45) is 7.08. The van der Waals surface area contributed by atoms with Gasteiger partial charge in [-0.15, -0.1) is 0 Å². The summed E-state index contributed by atoms with van der Waals surface area (Å²) in [5, 5.41) is 9.93. The van der Waals surface area contributed by atoms with E-state index in [1.165, 1.54) is 11.8 Å². The Labute approximate surface area is 206 Å². The number of hydrogen-bond acceptors (Lipinski definition) is 5. The van der Waals surface area contributed by atoms with Gasteiger partial charge in [-0.2, -0.15) is 0 Å². The van der Waals surface area contributed by atoms with Gasteiger partial charge in [0, 0.05) is 30.0 Å². The van der Waals surface area contributed by atoms with Crippen LogP contribution in [0.15, 0.2) is 107 Å². The van der Waals surface area contributed by atoms with E-state index in [-0.39, 0.29) is 11.5 Å². The number of amides is 1. The number of pyridine rings is 1. The second-order valence-electron chi connectivity index (χ2n) is 7.75. The third kappa shape index (κ3) is 4.92. The Morgan fingerprint density at radius 1 is 1.03 bits per heavy atom. The summed E-state index contributed by atoms with van der Waals surface area (Å²) in [5.74, 6) is -1.14. The molecule has 2 aromatic carbocycles. The highest BCUT2D eigenvalue weighted by molar-refractivity contribution is 8.18. The third-order valence-corrected chi connectivity index (χ3v) is 6.37. The summed E-state index contributed by atoms with van der Waals surface area (Å²) in [5.41, 5.74) is 3.31. The van der Waals surface area contributed by atoms with E-state index < -0.39 is 5.97 Å². The number of hydrogen-bond donors (Lipinski definition) is 1. The minimum absolute atomic E-state index is 0.152. The first-order chi connectivity index (χ1) is 17.1. The number of amidine groups is 1. The normalized spacial score (nSPS) is 15.8. The van der Waals surface area contributed by atoms with Crippen molar-refractivity contribution in [2.75, 3.05) is 0 Å². The van der Waals surface area contributed by atoms with E-state index in [1.807, 2.05) is 77.5 Å². The molecule has 5 rings (SSSR count). The van der Waals surface area contributed by atoms with Crippen LogP contribution in [-0.2, 0) is 11.3 Å². The Morgan fingerprint density at radius 3 is 2.66 bits per heavy atom. The molecule has 1 fully saturated rings. The van der Waals surface area contributed by atoms with Crippen molar-refractivity contribution in [1.29, 1.82) is 0 Å². The Balaban J connectivity index is 1.51. The lowest BCUT2D eigenvalue weighted by atomic mass is 10.2. The molecule has 0 bridgehead atoms. The summed E-state index contributed by atoms with van der Waals surface area (Å²) in [7, 11) is 0. The van der Waals surface area contributed by atoms with Crippen LogP contribution in [-0.4, -0.2) is 36.6 Å². The number of aliphatic imine (C=N–C) groups is 1. The molecule has 1 N–H and O–H groups in total. The number of carbonyl (C=O) groups excluding carboxylic acids is 1. The number of carboxylic acid groups (broad SMARTS) is 1. The van der Waals surface area contributed by atoms with Crippen LogP contribution in [0.3, 0.4) is 0 Å². The fourth-order valence-electron chi connectivity index (χ4n) is 3.69. The van der Waals surface area contributed by atoms with Crippen LogP contribution in [0.5, 0.6) is 0 Å². The molecule has 1 amide bonds. The highest BCUT2D eigenvalue weighted by Gasteiger charge is 2.33. The molecular formula is C27H20N4O3S. The first-order valence-electron chi connectivity index (χ1n) is 10.8. The minimum atomic E-state index is -0.992. The van der Waals surface area contributed by atoms with Crippen molar-refractivity contribution >= 4 is 40.6 Å². The molecule has 35 heavy (non-hydrogen) atoms. The predicted octanol–water partition coefficient (Wildman–Crippen LogP) is 5.37. The third-order valence-electron chi connectivity index (χ3n) is 5.36. The van der Waals surface area contributed by atoms with Crippen molar-refractivity contribution in [3.63, 3.8) is 0 Å². The van der Waals surface area contributed by atoms with Gasteiger partial charge in [0.05, 0.1) is 22.7 Å². The smallest absolute Gasteiger partial charge is 0.335 e. The topological polar surface area (TPSA) is 87.8 Å². The lowest BCUT2D eigenvalue weighted by Crippen LogP contribution is -2.28. The lowest BCUT2D eigenvalue weighted by Gasteiger charge is -2.15. The Morgan fingerprint density at radius 2 is 1.89 bits per heavy atom. The molecule has 0 saturated carbocycles. The Bertz CT molecular complexity index is 1450. The quantitative estimate of drug-likeness (QED) is 0.375. The van der Waals surface area contributed by atoms with Crippen LogP contribution in [0, 0.1) is 0 Å². The van der Waals surface area contributed by atoms with Crippen molar-refractivity contribution < 1.29 is 14.7 Å². The zero-order chi connectivity index (χ0) is 24.2. The molecule has 0 aliphatic carbocycles. The zero-order valence-electron chi connectivity index (χ0n) is 18.5. The number of carbonyl (C=O) groups is 2. The van der Waals surface area contributed by atoms with Gasteiger partial charge in [-0.3, -0.25) is 14.7 Å². The Kier molecular flexibility index (Phi) is 6.28. The first kappa shape index (κ1) is 22.4. The van der Waals surface area contributed by atoms with Crippen molar-refractivity contribution in [2.45, 2.75) is 6.54 Å². The lowest BCUT2D eigenvalue weighted by molar-refractivity contribution is -0.122. The molecule has 0 spiro atoms. The van der Waals surface area contributed by atoms with Gasteiger partial charge in [0.25, 0.3) is 5.91 Å². The van der Waals surface area contributed by atoms with E-state index in [1.54, 1.807) is 35.5 Å². The average Bonchev–Trinajstić information content (AvgIpc) is 3.46. The largest absolute Gasteiger partial charge is 0.478 e. The second-order valence-corrected chi connectivity index (χ2v) is 8.76. The van der Waals surface area contributed by atoms with Gasteiger partial charge in [-0.05, 0) is 71.9 Å².